The monoisotopic (exact) mass is 293 g/mol. The third-order valence-electron chi connectivity index (χ3n) is 4.26. The summed E-state index contributed by atoms with van der Waals surface area (Å²) in [5.74, 6) is 1.80. The van der Waals surface area contributed by atoms with E-state index in [1.165, 1.54) is 12.0 Å². The molecule has 4 heteroatoms. The van der Waals surface area contributed by atoms with Gasteiger partial charge in [0.15, 0.2) is 11.5 Å². The van der Waals surface area contributed by atoms with E-state index in [2.05, 4.69) is 17.9 Å². The van der Waals surface area contributed by atoms with E-state index in [1.807, 2.05) is 12.1 Å². The Morgan fingerprint density at radius 3 is 2.67 bits per heavy atom. The van der Waals surface area contributed by atoms with Gasteiger partial charge in [-0.25, -0.2) is 0 Å². The van der Waals surface area contributed by atoms with E-state index in [0.29, 0.717) is 5.92 Å². The van der Waals surface area contributed by atoms with E-state index in [1.54, 1.807) is 14.2 Å². The van der Waals surface area contributed by atoms with Crippen LogP contribution in [0.15, 0.2) is 18.2 Å². The highest BCUT2D eigenvalue weighted by molar-refractivity contribution is 5.43. The van der Waals surface area contributed by atoms with Crippen LogP contribution in [-0.2, 0) is 6.42 Å². The third-order valence-corrected chi connectivity index (χ3v) is 4.26. The van der Waals surface area contributed by atoms with Crippen LogP contribution in [0.4, 0.5) is 0 Å². The van der Waals surface area contributed by atoms with Crippen molar-refractivity contribution in [1.29, 1.82) is 0 Å². The number of benzene rings is 1. The van der Waals surface area contributed by atoms with Gasteiger partial charge in [0.1, 0.15) is 0 Å². The van der Waals surface area contributed by atoms with E-state index in [4.69, 9.17) is 9.47 Å². The highest BCUT2D eigenvalue weighted by Gasteiger charge is 2.27. The molecule has 0 radical (unpaired) electrons. The maximum Gasteiger partial charge on any atom is 0.160 e. The zero-order valence-corrected chi connectivity index (χ0v) is 13.3. The molecule has 1 saturated heterocycles. The van der Waals surface area contributed by atoms with Gasteiger partial charge in [-0.2, -0.15) is 0 Å². The average molecular weight is 293 g/mol. The van der Waals surface area contributed by atoms with Crippen molar-refractivity contribution in [3.63, 3.8) is 0 Å². The molecule has 0 amide bonds. The van der Waals surface area contributed by atoms with Crippen molar-refractivity contribution in [2.45, 2.75) is 32.3 Å². The van der Waals surface area contributed by atoms with Crippen molar-refractivity contribution in [3.8, 4) is 11.5 Å². The van der Waals surface area contributed by atoms with Gasteiger partial charge < -0.3 is 19.5 Å². The van der Waals surface area contributed by atoms with Crippen molar-refractivity contribution < 1.29 is 14.6 Å². The van der Waals surface area contributed by atoms with E-state index >= 15 is 0 Å². The molecule has 1 aromatic rings. The lowest BCUT2D eigenvalue weighted by Crippen LogP contribution is -2.44. The number of hydrogen-bond acceptors (Lipinski definition) is 4. The highest BCUT2D eigenvalue weighted by atomic mass is 16.5. The predicted octanol–water partition coefficient (Wildman–Crippen LogP) is 2.34. The SMILES string of the molecule is CCCN1CCC(O)C(Cc2ccc(OC)c(OC)c2)C1. The van der Waals surface area contributed by atoms with Gasteiger partial charge >= 0.3 is 0 Å². The Kier molecular flexibility index (Phi) is 5.88. The number of likely N-dealkylation sites (tertiary alicyclic amines) is 1. The first-order chi connectivity index (χ1) is 10.2. The molecular formula is C17H27NO3. The number of piperidine rings is 1. The van der Waals surface area contributed by atoms with Crippen molar-refractivity contribution in [3.05, 3.63) is 23.8 Å². The lowest BCUT2D eigenvalue weighted by molar-refractivity contribution is 0.0270. The van der Waals surface area contributed by atoms with Gasteiger partial charge in [-0.1, -0.05) is 13.0 Å². The van der Waals surface area contributed by atoms with Crippen LogP contribution < -0.4 is 9.47 Å². The standard InChI is InChI=1S/C17H27NO3/c1-4-8-18-9-7-15(19)14(12-18)10-13-5-6-16(20-2)17(11-13)21-3/h5-6,11,14-15,19H,4,7-10,12H2,1-3H3. The number of ether oxygens (including phenoxy) is 2. The zero-order chi connectivity index (χ0) is 15.2. The molecule has 1 N–H and O–H groups in total. The Bertz CT molecular complexity index is 450. The summed E-state index contributed by atoms with van der Waals surface area (Å²) in [6, 6.07) is 6.02. The lowest BCUT2D eigenvalue weighted by atomic mass is 9.88. The lowest BCUT2D eigenvalue weighted by Gasteiger charge is -2.36. The van der Waals surface area contributed by atoms with Gasteiger partial charge in [0, 0.05) is 19.0 Å². The molecule has 21 heavy (non-hydrogen) atoms. The second kappa shape index (κ2) is 7.66. The number of methoxy groups -OCH3 is 2. The van der Waals surface area contributed by atoms with Gasteiger partial charge in [0.05, 0.1) is 20.3 Å². The van der Waals surface area contributed by atoms with Crippen molar-refractivity contribution in [2.24, 2.45) is 5.92 Å². The summed E-state index contributed by atoms with van der Waals surface area (Å²) in [7, 11) is 3.30. The largest absolute Gasteiger partial charge is 0.493 e. The number of nitrogens with zero attached hydrogens (tertiary/aromatic N) is 1. The van der Waals surface area contributed by atoms with Crippen LogP contribution in [0, 0.1) is 5.92 Å². The molecule has 1 aliphatic rings. The van der Waals surface area contributed by atoms with Gasteiger partial charge in [-0.05, 0) is 43.5 Å². The molecular weight excluding hydrogens is 266 g/mol. The molecule has 2 atom stereocenters. The Labute approximate surface area is 127 Å². The Morgan fingerprint density at radius 2 is 2.00 bits per heavy atom. The molecule has 2 unspecified atom stereocenters. The Hall–Kier alpha value is -1.26. The van der Waals surface area contributed by atoms with Crippen LogP contribution in [0.5, 0.6) is 11.5 Å². The molecule has 0 aromatic heterocycles. The molecule has 0 bridgehead atoms. The Morgan fingerprint density at radius 1 is 1.24 bits per heavy atom. The van der Waals surface area contributed by atoms with Crippen LogP contribution in [0.3, 0.4) is 0 Å². The second-order valence-corrected chi connectivity index (χ2v) is 5.81. The molecule has 4 nitrogen and oxygen atoms in total. The van der Waals surface area contributed by atoms with Gasteiger partial charge in [0.25, 0.3) is 0 Å². The first-order valence-corrected chi connectivity index (χ1v) is 7.79. The topological polar surface area (TPSA) is 41.9 Å². The maximum absolute atomic E-state index is 10.3. The molecule has 0 spiro atoms. The first kappa shape index (κ1) is 16.1. The Balaban J connectivity index is 2.05. The maximum atomic E-state index is 10.3. The third kappa shape index (κ3) is 4.11. The second-order valence-electron chi connectivity index (χ2n) is 5.81. The van der Waals surface area contributed by atoms with E-state index in [0.717, 1.165) is 44.0 Å². The molecule has 2 rings (SSSR count). The van der Waals surface area contributed by atoms with Gasteiger partial charge in [-0.15, -0.1) is 0 Å². The molecule has 0 saturated carbocycles. The molecule has 1 aliphatic heterocycles. The zero-order valence-electron chi connectivity index (χ0n) is 13.3. The number of hydrogen-bond donors (Lipinski definition) is 1. The predicted molar refractivity (Wildman–Crippen MR) is 84.1 cm³/mol. The molecule has 1 aromatic carbocycles. The summed E-state index contributed by atoms with van der Waals surface area (Å²) in [6.45, 7) is 5.31. The smallest absolute Gasteiger partial charge is 0.160 e. The minimum atomic E-state index is -0.203. The van der Waals surface area contributed by atoms with E-state index < -0.39 is 0 Å². The molecule has 0 aliphatic carbocycles. The van der Waals surface area contributed by atoms with E-state index in [9.17, 15) is 5.11 Å². The fourth-order valence-electron chi connectivity index (χ4n) is 3.13. The van der Waals surface area contributed by atoms with Crippen LogP contribution in [0.2, 0.25) is 0 Å². The quantitative estimate of drug-likeness (QED) is 0.874. The summed E-state index contributed by atoms with van der Waals surface area (Å²) in [6.07, 6.45) is 2.71. The summed E-state index contributed by atoms with van der Waals surface area (Å²) in [5.41, 5.74) is 1.19. The van der Waals surface area contributed by atoms with Gasteiger partial charge in [-0.3, -0.25) is 0 Å². The van der Waals surface area contributed by atoms with Crippen molar-refractivity contribution in [2.75, 3.05) is 33.9 Å². The summed E-state index contributed by atoms with van der Waals surface area (Å²) in [4.78, 5) is 2.46. The van der Waals surface area contributed by atoms with Crippen LogP contribution in [0.25, 0.3) is 0 Å². The number of rotatable bonds is 6. The van der Waals surface area contributed by atoms with Crippen LogP contribution >= 0.6 is 0 Å². The van der Waals surface area contributed by atoms with Crippen LogP contribution in [0.1, 0.15) is 25.3 Å². The fraction of sp³-hybridized carbons (Fsp3) is 0.647. The minimum absolute atomic E-state index is 0.203. The molecule has 118 valence electrons. The number of aliphatic hydroxyl groups excluding tert-OH is 1. The average Bonchev–Trinajstić information content (AvgIpc) is 2.50. The van der Waals surface area contributed by atoms with Crippen molar-refractivity contribution in [1.82, 2.24) is 4.90 Å². The normalized spacial score (nSPS) is 23.0. The first-order valence-electron chi connectivity index (χ1n) is 7.79. The molecule has 1 heterocycles. The summed E-state index contributed by atoms with van der Waals surface area (Å²) in [5, 5.41) is 10.3. The highest BCUT2D eigenvalue weighted by Crippen LogP contribution is 2.30. The number of aliphatic hydroxyl groups is 1. The van der Waals surface area contributed by atoms with Crippen molar-refractivity contribution >= 4 is 0 Å². The van der Waals surface area contributed by atoms with Crippen LogP contribution in [-0.4, -0.2) is 50.0 Å². The molecule has 1 fully saturated rings. The van der Waals surface area contributed by atoms with Gasteiger partial charge in [0.2, 0.25) is 0 Å². The summed E-state index contributed by atoms with van der Waals surface area (Å²) >= 11 is 0. The fourth-order valence-corrected chi connectivity index (χ4v) is 3.13. The minimum Gasteiger partial charge on any atom is -0.493 e. The summed E-state index contributed by atoms with van der Waals surface area (Å²) < 4.78 is 10.6. The van der Waals surface area contributed by atoms with E-state index in [-0.39, 0.29) is 6.10 Å².